The number of likely N-dealkylation sites (N-methyl/N-ethyl adjacent to an activating group) is 1. The summed E-state index contributed by atoms with van der Waals surface area (Å²) >= 11 is 6.29. The number of aromatic nitrogens is 2. The van der Waals surface area contributed by atoms with Crippen molar-refractivity contribution in [2.45, 2.75) is 44.0 Å². The molecule has 3 aliphatic heterocycles. The van der Waals surface area contributed by atoms with Crippen LogP contribution in [0.2, 0.25) is 5.02 Å². The Morgan fingerprint density at radius 1 is 1.02 bits per heavy atom. The van der Waals surface area contributed by atoms with Crippen molar-refractivity contribution in [1.82, 2.24) is 19.4 Å². The molecule has 9 rings (SSSR count). The van der Waals surface area contributed by atoms with Crippen LogP contribution in [0.3, 0.4) is 0 Å². The van der Waals surface area contributed by atoms with Gasteiger partial charge in [0.1, 0.15) is 12.3 Å². The lowest BCUT2D eigenvalue weighted by atomic mass is 9.91. The van der Waals surface area contributed by atoms with E-state index in [2.05, 4.69) is 45.6 Å². The average Bonchev–Trinajstić information content (AvgIpc) is 3.67. The molecule has 0 aliphatic carbocycles. The first-order valence-electron chi connectivity index (χ1n) is 14.9. The summed E-state index contributed by atoms with van der Waals surface area (Å²) < 4.78 is 18.1. The van der Waals surface area contributed by atoms with Gasteiger partial charge in [-0.1, -0.05) is 54.1 Å². The molecule has 5 heterocycles. The SMILES string of the molecule is CO[C@@H]1[C@H](N(C)C(=O)c2cccc(Cl)c2)C[C@H]2O[C@]1(C)n1c3ccccc3c3c4c(c5c6ccccc6n2c5c31)C(=O)NC4. The molecule has 0 unspecified atom stereocenters. The van der Waals surface area contributed by atoms with Crippen LogP contribution in [-0.4, -0.2) is 52.2 Å². The second kappa shape index (κ2) is 8.85. The molecule has 4 aromatic carbocycles. The number of ether oxygens (including phenoxy) is 2. The summed E-state index contributed by atoms with van der Waals surface area (Å²) in [5.41, 5.74) is 5.22. The lowest BCUT2D eigenvalue weighted by molar-refractivity contribution is -0.264. The molecular formula is C35H29ClN4O4. The number of carbonyl (C=O) groups excluding carboxylic acids is 2. The number of hydrogen-bond donors (Lipinski definition) is 1. The zero-order valence-corrected chi connectivity index (χ0v) is 25.2. The van der Waals surface area contributed by atoms with Gasteiger partial charge in [0.05, 0.1) is 33.7 Å². The fraction of sp³-hybridized carbons (Fsp3) is 0.257. The minimum atomic E-state index is -1.01. The minimum Gasteiger partial charge on any atom is -0.374 e. The summed E-state index contributed by atoms with van der Waals surface area (Å²) in [4.78, 5) is 29.3. The van der Waals surface area contributed by atoms with Gasteiger partial charge >= 0.3 is 0 Å². The Balaban J connectivity index is 1.41. The first-order chi connectivity index (χ1) is 21.3. The van der Waals surface area contributed by atoms with Gasteiger partial charge in [-0.2, -0.15) is 0 Å². The number of benzene rings is 4. The first-order valence-corrected chi connectivity index (χ1v) is 15.2. The van der Waals surface area contributed by atoms with Gasteiger partial charge in [-0.25, -0.2) is 0 Å². The van der Waals surface area contributed by atoms with Crippen molar-refractivity contribution in [3.63, 3.8) is 0 Å². The van der Waals surface area contributed by atoms with Crippen LogP contribution in [0.4, 0.5) is 0 Å². The highest BCUT2D eigenvalue weighted by atomic mass is 35.5. The zero-order valence-electron chi connectivity index (χ0n) is 24.4. The molecule has 44 heavy (non-hydrogen) atoms. The van der Waals surface area contributed by atoms with Crippen molar-refractivity contribution in [3.05, 3.63) is 94.5 Å². The molecule has 2 bridgehead atoms. The Morgan fingerprint density at radius 2 is 1.75 bits per heavy atom. The smallest absolute Gasteiger partial charge is 0.253 e. The van der Waals surface area contributed by atoms with Crippen LogP contribution in [0.15, 0.2) is 72.8 Å². The van der Waals surface area contributed by atoms with Crippen LogP contribution in [0.5, 0.6) is 0 Å². The molecule has 8 nitrogen and oxygen atoms in total. The molecular weight excluding hydrogens is 576 g/mol. The third-order valence-electron chi connectivity index (χ3n) is 10.1. The fourth-order valence-corrected chi connectivity index (χ4v) is 8.56. The Kier molecular flexibility index (Phi) is 5.24. The number of methoxy groups -OCH3 is 1. The van der Waals surface area contributed by atoms with Crippen molar-refractivity contribution in [2.24, 2.45) is 0 Å². The van der Waals surface area contributed by atoms with E-state index >= 15 is 0 Å². The summed E-state index contributed by atoms with van der Waals surface area (Å²) in [6.07, 6.45) is -0.485. The Labute approximate surface area is 257 Å². The van der Waals surface area contributed by atoms with Crippen LogP contribution in [0.25, 0.3) is 43.6 Å². The maximum atomic E-state index is 14.0. The van der Waals surface area contributed by atoms with E-state index in [1.165, 1.54) is 0 Å². The Hall–Kier alpha value is -4.37. The van der Waals surface area contributed by atoms with Gasteiger partial charge in [0.25, 0.3) is 11.8 Å². The van der Waals surface area contributed by atoms with E-state index in [4.69, 9.17) is 21.1 Å². The average molecular weight is 605 g/mol. The number of amides is 2. The molecule has 0 saturated carbocycles. The molecule has 1 fully saturated rings. The van der Waals surface area contributed by atoms with Crippen LogP contribution in [0, 0.1) is 0 Å². The predicted molar refractivity (Wildman–Crippen MR) is 170 cm³/mol. The summed E-state index contributed by atoms with van der Waals surface area (Å²) in [6, 6.07) is 23.2. The van der Waals surface area contributed by atoms with Gasteiger partial charge < -0.3 is 28.8 Å². The van der Waals surface area contributed by atoms with Gasteiger partial charge in [-0.15, -0.1) is 0 Å². The summed E-state index contributed by atoms with van der Waals surface area (Å²) in [6.45, 7) is 2.53. The lowest BCUT2D eigenvalue weighted by Crippen LogP contribution is -2.61. The highest BCUT2D eigenvalue weighted by molar-refractivity contribution is 6.31. The molecule has 1 saturated heterocycles. The summed E-state index contributed by atoms with van der Waals surface area (Å²) in [7, 11) is 3.52. The van der Waals surface area contributed by atoms with Gasteiger partial charge in [-0.05, 0) is 42.8 Å². The number of halogens is 1. The molecule has 3 aliphatic rings. The topological polar surface area (TPSA) is 77.7 Å². The third-order valence-corrected chi connectivity index (χ3v) is 10.3. The largest absolute Gasteiger partial charge is 0.374 e. The number of rotatable bonds is 3. The van der Waals surface area contributed by atoms with E-state index < -0.39 is 18.1 Å². The number of hydrogen-bond acceptors (Lipinski definition) is 4. The van der Waals surface area contributed by atoms with E-state index in [9.17, 15) is 9.59 Å². The Bertz CT molecular complexity index is 2250. The van der Waals surface area contributed by atoms with Crippen molar-refractivity contribution < 1.29 is 19.1 Å². The first kappa shape index (κ1) is 26.1. The van der Waals surface area contributed by atoms with E-state index in [0.29, 0.717) is 23.6 Å². The van der Waals surface area contributed by atoms with E-state index in [-0.39, 0.29) is 17.9 Å². The van der Waals surface area contributed by atoms with E-state index in [1.54, 1.807) is 36.3 Å². The minimum absolute atomic E-state index is 0.0551. The second-order valence-electron chi connectivity index (χ2n) is 12.2. The standard InChI is InChI=1S/C35H29ClN4O4/c1-35-32(43-3)25(38(2)34(42)18-9-8-10-19(36)15-18)16-26(44-35)39-23-13-6-4-11-20(23)28-29-22(17-37-33(29)41)27-21-12-5-7-14-24(21)40(35)31(27)30(28)39/h4-15,25-26,32H,16-17H2,1-3H3,(H,37,41)/t25-,26-,32-,35+/m1/s1. The highest BCUT2D eigenvalue weighted by Gasteiger charge is 2.55. The highest BCUT2D eigenvalue weighted by Crippen LogP contribution is 2.54. The lowest BCUT2D eigenvalue weighted by Gasteiger charge is -2.50. The van der Waals surface area contributed by atoms with Crippen molar-refractivity contribution in [2.75, 3.05) is 14.2 Å². The number of carbonyl (C=O) groups is 2. The van der Waals surface area contributed by atoms with Gasteiger partial charge in [-0.3, -0.25) is 9.59 Å². The molecule has 9 heteroatoms. The molecule has 4 atom stereocenters. The maximum Gasteiger partial charge on any atom is 0.253 e. The fourth-order valence-electron chi connectivity index (χ4n) is 8.37. The summed E-state index contributed by atoms with van der Waals surface area (Å²) in [5.74, 6) is -0.194. The molecule has 0 radical (unpaired) electrons. The Morgan fingerprint density at radius 3 is 2.50 bits per heavy atom. The van der Waals surface area contributed by atoms with Crippen LogP contribution < -0.4 is 5.32 Å². The van der Waals surface area contributed by atoms with Crippen LogP contribution >= 0.6 is 11.6 Å². The molecule has 2 amide bonds. The third kappa shape index (κ3) is 3.10. The van der Waals surface area contributed by atoms with Gasteiger partial charge in [0.15, 0.2) is 5.72 Å². The van der Waals surface area contributed by atoms with Crippen LogP contribution in [-0.2, 0) is 21.7 Å². The zero-order chi connectivity index (χ0) is 30.1. The molecule has 0 spiro atoms. The quantitative estimate of drug-likeness (QED) is 0.248. The number of nitrogens with zero attached hydrogens (tertiary/aromatic N) is 3. The van der Waals surface area contributed by atoms with Gasteiger partial charge in [0, 0.05) is 59.3 Å². The number of para-hydroxylation sites is 2. The molecule has 6 aromatic rings. The van der Waals surface area contributed by atoms with E-state index in [0.717, 1.165) is 54.7 Å². The normalized spacial score (nSPS) is 23.9. The monoisotopic (exact) mass is 604 g/mol. The molecule has 220 valence electrons. The van der Waals surface area contributed by atoms with Crippen molar-refractivity contribution >= 4 is 67.0 Å². The second-order valence-corrected chi connectivity index (χ2v) is 12.7. The molecule has 2 aromatic heterocycles. The van der Waals surface area contributed by atoms with Crippen molar-refractivity contribution in [1.29, 1.82) is 0 Å². The van der Waals surface area contributed by atoms with E-state index in [1.807, 2.05) is 31.3 Å². The number of fused-ring (bicyclic) bond motifs is 13. The van der Waals surface area contributed by atoms with Crippen molar-refractivity contribution in [3.8, 4) is 0 Å². The maximum absolute atomic E-state index is 14.0. The van der Waals surface area contributed by atoms with Crippen LogP contribution in [0.1, 0.15) is 45.9 Å². The number of nitrogens with one attached hydrogen (secondary N) is 1. The van der Waals surface area contributed by atoms with Gasteiger partial charge in [0.2, 0.25) is 0 Å². The summed E-state index contributed by atoms with van der Waals surface area (Å²) in [5, 5.41) is 7.69. The molecule has 1 N–H and O–H groups in total. The predicted octanol–water partition coefficient (Wildman–Crippen LogP) is 6.56.